The number of H-pyrrole nitrogens is 1. The summed E-state index contributed by atoms with van der Waals surface area (Å²) in [5.41, 5.74) is 2.11. The summed E-state index contributed by atoms with van der Waals surface area (Å²) in [7, 11) is 1.33. The van der Waals surface area contributed by atoms with Crippen LogP contribution in [0.15, 0.2) is 24.5 Å². The topological polar surface area (TPSA) is 67.9 Å². The summed E-state index contributed by atoms with van der Waals surface area (Å²) in [6.45, 7) is 1.97. The number of methoxy groups -OCH3 is 1. The van der Waals surface area contributed by atoms with Gasteiger partial charge in [-0.2, -0.15) is 0 Å². The average molecular weight is 217 g/mol. The molecule has 0 aliphatic carbocycles. The minimum atomic E-state index is -0.439. The second kappa shape index (κ2) is 4.14. The van der Waals surface area contributed by atoms with E-state index in [1.54, 1.807) is 6.20 Å². The minimum absolute atomic E-state index is 0.320. The highest BCUT2D eigenvalue weighted by atomic mass is 16.5. The van der Waals surface area contributed by atoms with Gasteiger partial charge in [0, 0.05) is 6.20 Å². The molecule has 0 saturated carbocycles. The Balaban J connectivity index is 2.35. The molecule has 0 spiro atoms. The predicted molar refractivity (Wildman–Crippen MR) is 57.9 cm³/mol. The Labute approximate surface area is 92.5 Å². The van der Waals surface area contributed by atoms with Crippen molar-refractivity contribution in [1.29, 1.82) is 0 Å². The fourth-order valence-corrected chi connectivity index (χ4v) is 1.33. The summed E-state index contributed by atoms with van der Waals surface area (Å²) >= 11 is 0. The molecule has 0 saturated heterocycles. The van der Waals surface area contributed by atoms with E-state index in [2.05, 4.69) is 19.7 Å². The van der Waals surface area contributed by atoms with Crippen molar-refractivity contribution in [2.75, 3.05) is 7.11 Å². The zero-order valence-corrected chi connectivity index (χ0v) is 9.02. The van der Waals surface area contributed by atoms with Crippen LogP contribution >= 0.6 is 0 Å². The fraction of sp³-hybridized carbons (Fsp3) is 0.182. The van der Waals surface area contributed by atoms with E-state index in [0.29, 0.717) is 17.2 Å². The number of nitrogens with one attached hydrogen (secondary N) is 1. The molecule has 82 valence electrons. The second-order valence-corrected chi connectivity index (χ2v) is 3.36. The van der Waals surface area contributed by atoms with Crippen molar-refractivity contribution in [3.63, 3.8) is 0 Å². The molecule has 0 unspecified atom stereocenters. The van der Waals surface area contributed by atoms with Gasteiger partial charge in [-0.05, 0) is 24.6 Å². The SMILES string of the molecule is COC(=O)c1cnc(-c2cc(C)ccn2)[nH]1. The number of rotatable bonds is 2. The number of ether oxygens (including phenoxy) is 1. The minimum Gasteiger partial charge on any atom is -0.464 e. The van der Waals surface area contributed by atoms with Crippen LogP contribution in [0.25, 0.3) is 11.5 Å². The smallest absolute Gasteiger partial charge is 0.356 e. The van der Waals surface area contributed by atoms with Crippen LogP contribution < -0.4 is 0 Å². The Morgan fingerprint density at radius 1 is 1.44 bits per heavy atom. The first-order valence-corrected chi connectivity index (χ1v) is 4.77. The Morgan fingerprint density at radius 2 is 2.25 bits per heavy atom. The van der Waals surface area contributed by atoms with Gasteiger partial charge in [-0.3, -0.25) is 4.98 Å². The van der Waals surface area contributed by atoms with Crippen LogP contribution in [0.4, 0.5) is 0 Å². The van der Waals surface area contributed by atoms with Crippen LogP contribution in [0.2, 0.25) is 0 Å². The molecule has 0 radical (unpaired) electrons. The molecule has 5 heteroatoms. The van der Waals surface area contributed by atoms with Gasteiger partial charge in [0.1, 0.15) is 11.4 Å². The number of nitrogens with zero attached hydrogens (tertiary/aromatic N) is 2. The molecule has 1 N–H and O–H groups in total. The highest BCUT2D eigenvalue weighted by Crippen LogP contribution is 2.14. The lowest BCUT2D eigenvalue weighted by Gasteiger charge is -1.97. The number of hydrogen-bond donors (Lipinski definition) is 1. The van der Waals surface area contributed by atoms with Crippen molar-refractivity contribution in [3.05, 3.63) is 35.8 Å². The maximum Gasteiger partial charge on any atom is 0.356 e. The van der Waals surface area contributed by atoms with Crippen molar-refractivity contribution in [2.45, 2.75) is 6.92 Å². The van der Waals surface area contributed by atoms with E-state index in [0.717, 1.165) is 5.56 Å². The lowest BCUT2D eigenvalue weighted by atomic mass is 10.2. The van der Waals surface area contributed by atoms with Gasteiger partial charge in [0.15, 0.2) is 5.82 Å². The Hall–Kier alpha value is -2.17. The monoisotopic (exact) mass is 217 g/mol. The van der Waals surface area contributed by atoms with Gasteiger partial charge in [-0.25, -0.2) is 9.78 Å². The lowest BCUT2D eigenvalue weighted by Crippen LogP contribution is -2.01. The van der Waals surface area contributed by atoms with Gasteiger partial charge < -0.3 is 9.72 Å². The van der Waals surface area contributed by atoms with Gasteiger partial charge >= 0.3 is 5.97 Å². The second-order valence-electron chi connectivity index (χ2n) is 3.36. The predicted octanol–water partition coefficient (Wildman–Crippen LogP) is 1.57. The fourth-order valence-electron chi connectivity index (χ4n) is 1.33. The maximum atomic E-state index is 11.2. The van der Waals surface area contributed by atoms with Gasteiger partial charge in [0.2, 0.25) is 0 Å². The van der Waals surface area contributed by atoms with Crippen LogP contribution in [0.1, 0.15) is 16.1 Å². The van der Waals surface area contributed by atoms with Crippen LogP contribution in [-0.2, 0) is 4.74 Å². The molecule has 5 nitrogen and oxygen atoms in total. The molecule has 0 bridgehead atoms. The summed E-state index contributed by atoms with van der Waals surface area (Å²) in [6, 6.07) is 3.79. The molecular formula is C11H11N3O2. The van der Waals surface area contributed by atoms with Crippen LogP contribution in [-0.4, -0.2) is 28.0 Å². The number of aryl methyl sites for hydroxylation is 1. The number of aromatic nitrogens is 3. The molecule has 2 heterocycles. The summed E-state index contributed by atoms with van der Waals surface area (Å²) < 4.78 is 4.58. The van der Waals surface area contributed by atoms with Gasteiger partial charge in [0.25, 0.3) is 0 Å². The van der Waals surface area contributed by atoms with E-state index in [9.17, 15) is 4.79 Å². The van der Waals surface area contributed by atoms with Gasteiger partial charge in [-0.15, -0.1) is 0 Å². The Bertz CT molecular complexity index is 519. The van der Waals surface area contributed by atoms with Crippen molar-refractivity contribution < 1.29 is 9.53 Å². The number of esters is 1. The van der Waals surface area contributed by atoms with Crippen molar-refractivity contribution in [2.24, 2.45) is 0 Å². The zero-order valence-electron chi connectivity index (χ0n) is 9.02. The highest BCUT2D eigenvalue weighted by Gasteiger charge is 2.10. The third-order valence-corrected chi connectivity index (χ3v) is 2.14. The maximum absolute atomic E-state index is 11.2. The van der Waals surface area contributed by atoms with E-state index >= 15 is 0 Å². The lowest BCUT2D eigenvalue weighted by molar-refractivity contribution is 0.0595. The number of carbonyl (C=O) groups is 1. The molecule has 0 aliphatic heterocycles. The van der Waals surface area contributed by atoms with E-state index in [-0.39, 0.29) is 0 Å². The summed E-state index contributed by atoms with van der Waals surface area (Å²) in [5.74, 6) is 0.121. The molecule has 0 amide bonds. The van der Waals surface area contributed by atoms with E-state index in [1.807, 2.05) is 19.1 Å². The quantitative estimate of drug-likeness (QED) is 0.775. The first-order valence-electron chi connectivity index (χ1n) is 4.77. The summed E-state index contributed by atoms with van der Waals surface area (Å²) in [4.78, 5) is 22.3. The molecule has 2 aromatic heterocycles. The molecule has 2 rings (SSSR count). The molecular weight excluding hydrogens is 206 g/mol. The van der Waals surface area contributed by atoms with Crippen LogP contribution in [0.5, 0.6) is 0 Å². The number of aromatic amines is 1. The van der Waals surface area contributed by atoms with E-state index in [4.69, 9.17) is 0 Å². The van der Waals surface area contributed by atoms with Gasteiger partial charge in [0.05, 0.1) is 13.3 Å². The molecule has 0 atom stereocenters. The zero-order chi connectivity index (χ0) is 11.5. The van der Waals surface area contributed by atoms with E-state index in [1.165, 1.54) is 13.3 Å². The molecule has 16 heavy (non-hydrogen) atoms. The average Bonchev–Trinajstić information content (AvgIpc) is 2.77. The summed E-state index contributed by atoms with van der Waals surface area (Å²) in [6.07, 6.45) is 3.14. The van der Waals surface area contributed by atoms with Gasteiger partial charge in [-0.1, -0.05) is 0 Å². The van der Waals surface area contributed by atoms with E-state index < -0.39 is 5.97 Å². The molecule has 0 fully saturated rings. The normalized spacial score (nSPS) is 10.1. The number of pyridine rings is 1. The standard InChI is InChI=1S/C11H11N3O2/c1-7-3-4-12-8(5-7)10-13-6-9(14-10)11(15)16-2/h3-6H,1-2H3,(H,13,14). The number of hydrogen-bond acceptors (Lipinski definition) is 4. The largest absolute Gasteiger partial charge is 0.464 e. The molecule has 2 aromatic rings. The first kappa shape index (κ1) is 10.4. The third kappa shape index (κ3) is 1.93. The number of carbonyl (C=O) groups excluding carboxylic acids is 1. The highest BCUT2D eigenvalue weighted by molar-refractivity contribution is 5.87. The molecule has 0 aromatic carbocycles. The van der Waals surface area contributed by atoms with Crippen LogP contribution in [0.3, 0.4) is 0 Å². The Morgan fingerprint density at radius 3 is 2.94 bits per heavy atom. The Kier molecular flexibility index (Phi) is 2.68. The number of imidazole rings is 1. The summed E-state index contributed by atoms with van der Waals surface area (Å²) in [5, 5.41) is 0. The molecule has 0 aliphatic rings. The third-order valence-electron chi connectivity index (χ3n) is 2.14. The van der Waals surface area contributed by atoms with Crippen molar-refractivity contribution in [3.8, 4) is 11.5 Å². The first-order chi connectivity index (χ1) is 7.70. The van der Waals surface area contributed by atoms with Crippen molar-refractivity contribution >= 4 is 5.97 Å². The van der Waals surface area contributed by atoms with Crippen LogP contribution in [0, 0.1) is 6.92 Å². The van der Waals surface area contributed by atoms with Crippen molar-refractivity contribution in [1.82, 2.24) is 15.0 Å².